The molecular weight excluding hydrogens is 546 g/mol. The lowest BCUT2D eigenvalue weighted by Gasteiger charge is -2.31. The van der Waals surface area contributed by atoms with Gasteiger partial charge in [-0.05, 0) is 52.6 Å². The van der Waals surface area contributed by atoms with Crippen molar-refractivity contribution in [1.82, 2.24) is 10.3 Å². The van der Waals surface area contributed by atoms with Gasteiger partial charge in [0.05, 0.1) is 6.26 Å². The number of pyridine rings is 1. The van der Waals surface area contributed by atoms with E-state index in [0.29, 0.717) is 17.8 Å². The molecule has 0 aliphatic heterocycles. The Labute approximate surface area is 256 Å². The molecule has 2 aromatic heterocycles. The number of anilines is 1. The van der Waals surface area contributed by atoms with Crippen molar-refractivity contribution in [3.8, 4) is 11.1 Å². The molecule has 0 saturated carbocycles. The van der Waals surface area contributed by atoms with E-state index >= 15 is 0 Å². The first-order valence-corrected chi connectivity index (χ1v) is 14.5. The Hall–Kier alpha value is -5.75. The zero-order valence-corrected chi connectivity index (χ0v) is 24.0. The molecule has 0 aliphatic rings. The fourth-order valence-electron chi connectivity index (χ4n) is 5.40. The van der Waals surface area contributed by atoms with Gasteiger partial charge in [0.2, 0.25) is 5.91 Å². The molecule has 2 heterocycles. The monoisotopic (exact) mass is 577 g/mol. The normalized spacial score (nSPS) is 11.6. The smallest absolute Gasteiger partial charge is 0.294 e. The molecule has 6 aromatic rings. The van der Waals surface area contributed by atoms with Crippen molar-refractivity contribution in [2.24, 2.45) is 0 Å². The molecule has 6 heteroatoms. The van der Waals surface area contributed by atoms with Crippen LogP contribution in [0.4, 0.5) is 5.69 Å². The van der Waals surface area contributed by atoms with Gasteiger partial charge in [0.15, 0.2) is 5.76 Å². The molecule has 1 unspecified atom stereocenters. The highest BCUT2D eigenvalue weighted by molar-refractivity contribution is 6.08. The number of nitrogens with zero attached hydrogens (tertiary/aromatic N) is 2. The summed E-state index contributed by atoms with van der Waals surface area (Å²) in [6, 6.07) is 43.6. The summed E-state index contributed by atoms with van der Waals surface area (Å²) in [5.41, 5.74) is 5.34. The van der Waals surface area contributed by atoms with Gasteiger partial charge in [-0.15, -0.1) is 0 Å². The molecular formula is C38H31N3O3. The Bertz CT molecular complexity index is 1740. The number of furan rings is 1. The largest absolute Gasteiger partial charge is 0.459 e. The van der Waals surface area contributed by atoms with E-state index in [0.717, 1.165) is 22.3 Å². The summed E-state index contributed by atoms with van der Waals surface area (Å²) in [4.78, 5) is 34.2. The first-order valence-electron chi connectivity index (χ1n) is 14.5. The third-order valence-corrected chi connectivity index (χ3v) is 7.59. The lowest BCUT2D eigenvalue weighted by molar-refractivity contribution is -0.122. The zero-order chi connectivity index (χ0) is 30.1. The summed E-state index contributed by atoms with van der Waals surface area (Å²) in [7, 11) is 0. The van der Waals surface area contributed by atoms with Crippen LogP contribution in [-0.2, 0) is 4.79 Å². The molecule has 4 aromatic carbocycles. The van der Waals surface area contributed by atoms with E-state index in [4.69, 9.17) is 4.42 Å². The highest BCUT2D eigenvalue weighted by Gasteiger charge is 2.35. The molecule has 1 N–H and O–H groups in total. The van der Waals surface area contributed by atoms with Crippen LogP contribution in [0.1, 0.15) is 39.2 Å². The van der Waals surface area contributed by atoms with E-state index in [1.54, 1.807) is 30.6 Å². The fraction of sp³-hybridized carbons (Fsp3) is 0.0789. The number of benzene rings is 4. The molecule has 0 saturated heterocycles. The summed E-state index contributed by atoms with van der Waals surface area (Å²) < 4.78 is 5.53. The van der Waals surface area contributed by atoms with Crippen LogP contribution in [0.3, 0.4) is 0 Å². The number of carbonyl (C=O) groups excluding carboxylic acids is 2. The lowest BCUT2D eigenvalue weighted by atomic mass is 9.91. The summed E-state index contributed by atoms with van der Waals surface area (Å²) in [5, 5.41) is 3.17. The zero-order valence-electron chi connectivity index (χ0n) is 24.0. The maximum atomic E-state index is 14.3. The van der Waals surface area contributed by atoms with Crippen molar-refractivity contribution in [3.63, 3.8) is 0 Å². The van der Waals surface area contributed by atoms with Gasteiger partial charge in [0, 0.05) is 36.1 Å². The summed E-state index contributed by atoms with van der Waals surface area (Å²) in [6.45, 7) is 0.333. The molecule has 0 radical (unpaired) electrons. The van der Waals surface area contributed by atoms with Gasteiger partial charge in [-0.25, -0.2) is 0 Å². The maximum Gasteiger partial charge on any atom is 0.294 e. The molecule has 0 bridgehead atoms. The van der Waals surface area contributed by atoms with Crippen LogP contribution in [0.15, 0.2) is 163 Å². The number of nitrogens with one attached hydrogen (secondary N) is 1. The maximum absolute atomic E-state index is 14.3. The second-order valence-corrected chi connectivity index (χ2v) is 10.4. The van der Waals surface area contributed by atoms with Gasteiger partial charge in [-0.3, -0.25) is 19.5 Å². The predicted molar refractivity (Wildman–Crippen MR) is 172 cm³/mol. The molecule has 6 rings (SSSR count). The number of hydrogen-bond donors (Lipinski definition) is 1. The number of aromatic nitrogens is 1. The summed E-state index contributed by atoms with van der Waals surface area (Å²) in [5.74, 6) is -0.725. The van der Waals surface area contributed by atoms with Gasteiger partial charge in [-0.1, -0.05) is 109 Å². The minimum atomic E-state index is -1.02. The van der Waals surface area contributed by atoms with Crippen LogP contribution in [-0.4, -0.2) is 23.3 Å². The first kappa shape index (κ1) is 28.4. The second kappa shape index (κ2) is 13.5. The molecule has 6 nitrogen and oxygen atoms in total. The van der Waals surface area contributed by atoms with Crippen LogP contribution in [0, 0.1) is 0 Å². The van der Waals surface area contributed by atoms with Crippen molar-refractivity contribution >= 4 is 17.5 Å². The van der Waals surface area contributed by atoms with E-state index < -0.39 is 11.9 Å². The minimum absolute atomic E-state index is 0.0877. The van der Waals surface area contributed by atoms with E-state index in [2.05, 4.69) is 34.6 Å². The van der Waals surface area contributed by atoms with E-state index in [9.17, 15) is 9.59 Å². The van der Waals surface area contributed by atoms with Crippen molar-refractivity contribution in [1.29, 1.82) is 0 Å². The van der Waals surface area contributed by atoms with Gasteiger partial charge >= 0.3 is 0 Å². The molecule has 2 amide bonds. The Kier molecular flexibility index (Phi) is 8.70. The van der Waals surface area contributed by atoms with Crippen LogP contribution in [0.5, 0.6) is 0 Å². The Morgan fingerprint density at radius 1 is 0.659 bits per heavy atom. The molecule has 44 heavy (non-hydrogen) atoms. The average molecular weight is 578 g/mol. The van der Waals surface area contributed by atoms with Gasteiger partial charge in [0.25, 0.3) is 5.91 Å². The van der Waals surface area contributed by atoms with Crippen LogP contribution < -0.4 is 10.2 Å². The van der Waals surface area contributed by atoms with Gasteiger partial charge in [-0.2, -0.15) is 0 Å². The lowest BCUT2D eigenvalue weighted by Crippen LogP contribution is -2.45. The quantitative estimate of drug-likeness (QED) is 0.181. The standard InChI is InChI=1S/C38H31N3O3/c42-37(40-27-34(30-14-6-2-7-15-30)31-16-8-3-9-17-31)36(32-18-10-24-39-26-32)41(38(43)35-19-11-25-44-35)33-22-20-29(21-23-33)28-12-4-1-5-13-28/h1-26,34,36H,27H2,(H,40,42). The molecule has 0 spiro atoms. The Balaban J connectivity index is 1.38. The molecule has 1 atom stereocenters. The average Bonchev–Trinajstić information content (AvgIpc) is 3.64. The van der Waals surface area contributed by atoms with E-state index in [1.165, 1.54) is 11.2 Å². The van der Waals surface area contributed by atoms with Crippen LogP contribution >= 0.6 is 0 Å². The second-order valence-electron chi connectivity index (χ2n) is 10.4. The van der Waals surface area contributed by atoms with Crippen molar-refractivity contribution in [2.45, 2.75) is 12.0 Å². The van der Waals surface area contributed by atoms with Gasteiger partial charge < -0.3 is 9.73 Å². The van der Waals surface area contributed by atoms with Gasteiger partial charge in [0.1, 0.15) is 6.04 Å². The predicted octanol–water partition coefficient (Wildman–Crippen LogP) is 7.68. The molecule has 0 fully saturated rings. The van der Waals surface area contributed by atoms with Crippen molar-refractivity contribution < 1.29 is 14.0 Å². The Morgan fingerprint density at radius 3 is 1.82 bits per heavy atom. The van der Waals surface area contributed by atoms with Crippen molar-refractivity contribution in [3.05, 3.63) is 181 Å². The van der Waals surface area contributed by atoms with Crippen LogP contribution in [0.25, 0.3) is 11.1 Å². The fourth-order valence-corrected chi connectivity index (χ4v) is 5.40. The number of carbonyl (C=O) groups is 2. The highest BCUT2D eigenvalue weighted by atomic mass is 16.3. The number of amides is 2. The van der Waals surface area contributed by atoms with Crippen molar-refractivity contribution in [2.75, 3.05) is 11.4 Å². The molecule has 0 aliphatic carbocycles. The number of hydrogen-bond acceptors (Lipinski definition) is 4. The summed E-state index contributed by atoms with van der Waals surface area (Å²) in [6.07, 6.45) is 4.72. The molecule has 216 valence electrons. The number of rotatable bonds is 10. The third kappa shape index (κ3) is 6.35. The topological polar surface area (TPSA) is 75.4 Å². The Morgan fingerprint density at radius 2 is 1.25 bits per heavy atom. The van der Waals surface area contributed by atoms with Crippen LogP contribution in [0.2, 0.25) is 0 Å². The first-order chi connectivity index (χ1) is 21.7. The highest BCUT2D eigenvalue weighted by Crippen LogP contribution is 2.32. The minimum Gasteiger partial charge on any atom is -0.459 e. The third-order valence-electron chi connectivity index (χ3n) is 7.59. The van der Waals surface area contributed by atoms with E-state index in [1.807, 2.05) is 97.1 Å². The summed E-state index contributed by atoms with van der Waals surface area (Å²) >= 11 is 0. The van der Waals surface area contributed by atoms with E-state index in [-0.39, 0.29) is 17.6 Å². The SMILES string of the molecule is O=C(NCC(c1ccccc1)c1ccccc1)C(c1cccnc1)N(C(=O)c1ccco1)c1ccc(-c2ccccc2)cc1.